The number of nitrogens with zero attached hydrogens (tertiary/aromatic N) is 3. The lowest BCUT2D eigenvalue weighted by Crippen LogP contribution is -2.41. The molecular formula is C13H16N4O4. The Morgan fingerprint density at radius 1 is 1.43 bits per heavy atom. The maximum atomic E-state index is 12.2. The van der Waals surface area contributed by atoms with Gasteiger partial charge in [-0.15, -0.1) is 0 Å². The van der Waals surface area contributed by atoms with E-state index in [1.165, 1.54) is 10.7 Å². The number of carbonyl (C=O) groups is 2. The summed E-state index contributed by atoms with van der Waals surface area (Å²) in [6.07, 6.45) is 1.29. The van der Waals surface area contributed by atoms with Gasteiger partial charge in [0.1, 0.15) is 11.6 Å². The predicted molar refractivity (Wildman–Crippen MR) is 73.1 cm³/mol. The van der Waals surface area contributed by atoms with Crippen molar-refractivity contribution < 1.29 is 19.8 Å². The minimum Gasteiger partial charge on any atom is -0.480 e. The Labute approximate surface area is 120 Å². The van der Waals surface area contributed by atoms with Gasteiger partial charge >= 0.3 is 5.97 Å². The fourth-order valence-electron chi connectivity index (χ4n) is 2.05. The molecule has 2 aromatic heterocycles. The lowest BCUT2D eigenvalue weighted by molar-refractivity contribution is -0.139. The smallest absolute Gasteiger partial charge is 0.326 e. The van der Waals surface area contributed by atoms with E-state index in [1.54, 1.807) is 6.92 Å². The Morgan fingerprint density at radius 3 is 2.76 bits per heavy atom. The van der Waals surface area contributed by atoms with Crippen molar-refractivity contribution in [3.05, 3.63) is 29.2 Å². The standard InChI is InChI=1S/C13H16N4O4/c1-7-5-8(2)17-11(15-7)9(6-14-17)12(19)16-10(3-4-18)13(20)21/h5-6,10,18H,3-4H2,1-2H3,(H,16,19)(H,20,21)/t10-/m0/s1. The molecule has 1 amide bonds. The molecule has 0 bridgehead atoms. The molecule has 2 heterocycles. The van der Waals surface area contributed by atoms with Crippen LogP contribution in [0.2, 0.25) is 0 Å². The van der Waals surface area contributed by atoms with Gasteiger partial charge in [0.15, 0.2) is 5.65 Å². The molecule has 112 valence electrons. The van der Waals surface area contributed by atoms with Gasteiger partial charge in [-0.1, -0.05) is 0 Å². The Balaban J connectivity index is 2.33. The number of aliphatic hydroxyl groups is 1. The summed E-state index contributed by atoms with van der Waals surface area (Å²) in [5.74, 6) is -1.78. The maximum absolute atomic E-state index is 12.2. The molecule has 2 rings (SSSR count). The molecule has 0 aliphatic rings. The zero-order valence-electron chi connectivity index (χ0n) is 11.7. The Morgan fingerprint density at radius 2 is 2.14 bits per heavy atom. The first kappa shape index (κ1) is 14.9. The predicted octanol–water partition coefficient (Wildman–Crippen LogP) is -0.0885. The quantitative estimate of drug-likeness (QED) is 0.709. The number of fused-ring (bicyclic) bond motifs is 1. The van der Waals surface area contributed by atoms with Crippen LogP contribution < -0.4 is 5.32 Å². The molecule has 0 unspecified atom stereocenters. The number of hydrogen-bond donors (Lipinski definition) is 3. The Hall–Kier alpha value is -2.48. The van der Waals surface area contributed by atoms with Gasteiger partial charge in [0.05, 0.1) is 6.20 Å². The van der Waals surface area contributed by atoms with E-state index in [9.17, 15) is 9.59 Å². The number of rotatable bonds is 5. The van der Waals surface area contributed by atoms with E-state index in [0.717, 1.165) is 11.4 Å². The van der Waals surface area contributed by atoms with Crippen molar-refractivity contribution in [2.75, 3.05) is 6.61 Å². The molecule has 0 spiro atoms. The van der Waals surface area contributed by atoms with Crippen LogP contribution in [0.5, 0.6) is 0 Å². The molecule has 8 nitrogen and oxygen atoms in total. The molecule has 2 aromatic rings. The molecule has 3 N–H and O–H groups in total. The van der Waals surface area contributed by atoms with Gasteiger partial charge < -0.3 is 15.5 Å². The minimum absolute atomic E-state index is 0.0637. The molecule has 0 aliphatic carbocycles. The number of aryl methyl sites for hydroxylation is 2. The first-order valence-corrected chi connectivity index (χ1v) is 6.40. The van der Waals surface area contributed by atoms with Crippen molar-refractivity contribution in [3.63, 3.8) is 0 Å². The molecule has 0 fully saturated rings. The second kappa shape index (κ2) is 5.88. The van der Waals surface area contributed by atoms with Gasteiger partial charge in [0.2, 0.25) is 0 Å². The summed E-state index contributed by atoms with van der Waals surface area (Å²) >= 11 is 0. The van der Waals surface area contributed by atoms with Gasteiger partial charge in [-0.3, -0.25) is 4.79 Å². The molecular weight excluding hydrogens is 276 g/mol. The van der Waals surface area contributed by atoms with Crippen LogP contribution in [0, 0.1) is 13.8 Å². The van der Waals surface area contributed by atoms with Crippen molar-refractivity contribution in [2.45, 2.75) is 26.3 Å². The van der Waals surface area contributed by atoms with Crippen LogP contribution in [-0.4, -0.2) is 49.3 Å². The average Bonchev–Trinajstić information content (AvgIpc) is 2.81. The SMILES string of the molecule is Cc1cc(C)n2ncc(C(=O)N[C@@H](CCO)C(=O)O)c2n1. The molecule has 21 heavy (non-hydrogen) atoms. The van der Waals surface area contributed by atoms with Crippen LogP contribution in [0.4, 0.5) is 0 Å². The highest BCUT2D eigenvalue weighted by Gasteiger charge is 2.22. The molecule has 1 atom stereocenters. The maximum Gasteiger partial charge on any atom is 0.326 e. The fraction of sp³-hybridized carbons (Fsp3) is 0.385. The first-order chi connectivity index (χ1) is 9.93. The number of aliphatic carboxylic acids is 1. The van der Waals surface area contributed by atoms with Crippen LogP contribution in [-0.2, 0) is 4.79 Å². The van der Waals surface area contributed by atoms with Gasteiger partial charge in [0.25, 0.3) is 5.91 Å². The van der Waals surface area contributed by atoms with Crippen LogP contribution in [0.1, 0.15) is 28.2 Å². The third-order valence-electron chi connectivity index (χ3n) is 3.04. The number of aliphatic hydroxyl groups excluding tert-OH is 1. The molecule has 0 aromatic carbocycles. The average molecular weight is 292 g/mol. The van der Waals surface area contributed by atoms with E-state index in [-0.39, 0.29) is 18.6 Å². The first-order valence-electron chi connectivity index (χ1n) is 6.40. The number of carboxylic acids is 1. The van der Waals surface area contributed by atoms with E-state index in [4.69, 9.17) is 10.2 Å². The van der Waals surface area contributed by atoms with E-state index in [1.807, 2.05) is 13.0 Å². The van der Waals surface area contributed by atoms with E-state index >= 15 is 0 Å². The molecule has 0 saturated carbocycles. The largest absolute Gasteiger partial charge is 0.480 e. The topological polar surface area (TPSA) is 117 Å². The number of nitrogens with one attached hydrogen (secondary N) is 1. The number of carboxylic acid groups (broad SMARTS) is 1. The summed E-state index contributed by atoms with van der Waals surface area (Å²) in [7, 11) is 0. The van der Waals surface area contributed by atoms with Crippen LogP contribution in [0.15, 0.2) is 12.3 Å². The summed E-state index contributed by atoms with van der Waals surface area (Å²) in [6.45, 7) is 3.30. The summed E-state index contributed by atoms with van der Waals surface area (Å²) in [4.78, 5) is 27.4. The third kappa shape index (κ3) is 3.00. The Bertz CT molecular complexity index is 695. The van der Waals surface area contributed by atoms with Gasteiger partial charge in [-0.2, -0.15) is 5.10 Å². The normalized spacial score (nSPS) is 12.3. The highest BCUT2D eigenvalue weighted by Crippen LogP contribution is 2.12. The van der Waals surface area contributed by atoms with E-state index < -0.39 is 17.9 Å². The van der Waals surface area contributed by atoms with Crippen molar-refractivity contribution >= 4 is 17.5 Å². The van der Waals surface area contributed by atoms with E-state index in [2.05, 4.69) is 15.4 Å². The highest BCUT2D eigenvalue weighted by atomic mass is 16.4. The minimum atomic E-state index is -1.20. The van der Waals surface area contributed by atoms with Crippen molar-refractivity contribution in [2.24, 2.45) is 0 Å². The van der Waals surface area contributed by atoms with Gasteiger partial charge in [0, 0.05) is 24.4 Å². The lowest BCUT2D eigenvalue weighted by Gasteiger charge is -2.12. The summed E-state index contributed by atoms with van der Waals surface area (Å²) in [5, 5.41) is 24.3. The zero-order chi connectivity index (χ0) is 15.6. The number of hydrogen-bond acceptors (Lipinski definition) is 5. The molecule has 0 radical (unpaired) electrons. The Kier molecular flexibility index (Phi) is 4.18. The van der Waals surface area contributed by atoms with Gasteiger partial charge in [-0.25, -0.2) is 14.3 Å². The third-order valence-corrected chi connectivity index (χ3v) is 3.04. The summed E-state index contributed by atoms with van der Waals surface area (Å²) in [6, 6.07) is 0.677. The number of carbonyl (C=O) groups excluding carboxylic acids is 1. The highest BCUT2D eigenvalue weighted by molar-refractivity contribution is 6.01. The monoisotopic (exact) mass is 292 g/mol. The number of aromatic nitrogens is 3. The number of amides is 1. The van der Waals surface area contributed by atoms with Crippen molar-refractivity contribution in [1.29, 1.82) is 0 Å². The molecule has 8 heteroatoms. The summed E-state index contributed by atoms with van der Waals surface area (Å²) < 4.78 is 1.52. The van der Waals surface area contributed by atoms with Gasteiger partial charge in [-0.05, 0) is 19.9 Å². The lowest BCUT2D eigenvalue weighted by atomic mass is 10.2. The second-order valence-corrected chi connectivity index (χ2v) is 4.71. The fourth-order valence-corrected chi connectivity index (χ4v) is 2.05. The van der Waals surface area contributed by atoms with Crippen LogP contribution in [0.25, 0.3) is 5.65 Å². The zero-order valence-corrected chi connectivity index (χ0v) is 11.7. The second-order valence-electron chi connectivity index (χ2n) is 4.71. The van der Waals surface area contributed by atoms with Crippen molar-refractivity contribution in [1.82, 2.24) is 19.9 Å². The molecule has 0 saturated heterocycles. The van der Waals surface area contributed by atoms with Crippen molar-refractivity contribution in [3.8, 4) is 0 Å². The van der Waals surface area contributed by atoms with Crippen LogP contribution in [0.3, 0.4) is 0 Å². The summed E-state index contributed by atoms with van der Waals surface area (Å²) in [5.41, 5.74) is 2.13. The van der Waals surface area contributed by atoms with Crippen LogP contribution >= 0.6 is 0 Å². The van der Waals surface area contributed by atoms with E-state index in [0.29, 0.717) is 5.65 Å². The molecule has 0 aliphatic heterocycles.